The molecule has 3 N–H and O–H groups in total. The van der Waals surface area contributed by atoms with Crippen molar-refractivity contribution < 1.29 is 0 Å². The van der Waals surface area contributed by atoms with Crippen molar-refractivity contribution in [2.45, 2.75) is 34.6 Å². The Labute approximate surface area is 167 Å². The highest BCUT2D eigenvalue weighted by atomic mass is 35.5. The molecule has 0 unspecified atom stereocenters. The van der Waals surface area contributed by atoms with Gasteiger partial charge in [-0.1, -0.05) is 57.5 Å². The van der Waals surface area contributed by atoms with E-state index in [1.54, 1.807) is 12.3 Å². The van der Waals surface area contributed by atoms with Crippen LogP contribution < -0.4 is 11.1 Å². The highest BCUT2D eigenvalue weighted by Crippen LogP contribution is 2.24. The van der Waals surface area contributed by atoms with Gasteiger partial charge in [0.1, 0.15) is 5.82 Å². The maximum atomic E-state index is 5.80. The third kappa shape index (κ3) is 10.00. The Hall–Kier alpha value is -2.13. The topological polar surface area (TPSA) is 63.8 Å². The summed E-state index contributed by atoms with van der Waals surface area (Å²) in [6.07, 6.45) is 15.5. The number of hydrogen-bond donors (Lipinski definition) is 2. The number of terminal acetylenes is 1. The summed E-state index contributed by atoms with van der Waals surface area (Å²) < 4.78 is 0. The maximum Gasteiger partial charge on any atom is 0.188 e. The van der Waals surface area contributed by atoms with Crippen molar-refractivity contribution in [2.75, 3.05) is 11.9 Å². The maximum absolute atomic E-state index is 5.80. The highest BCUT2D eigenvalue weighted by Gasteiger charge is 2.05. The van der Waals surface area contributed by atoms with Gasteiger partial charge in [0.15, 0.2) is 5.13 Å². The summed E-state index contributed by atoms with van der Waals surface area (Å²) in [6, 6.07) is 3.60. The van der Waals surface area contributed by atoms with Crippen molar-refractivity contribution in [3.63, 3.8) is 0 Å². The van der Waals surface area contributed by atoms with Crippen molar-refractivity contribution in [1.29, 1.82) is 0 Å². The Morgan fingerprint density at radius 2 is 1.92 bits per heavy atom. The van der Waals surface area contributed by atoms with Crippen LogP contribution in [0, 0.1) is 12.8 Å². The lowest BCUT2D eigenvalue weighted by Gasteiger charge is -2.01. The van der Waals surface area contributed by atoms with Crippen molar-refractivity contribution in [1.82, 2.24) is 9.97 Å². The second-order valence-electron chi connectivity index (χ2n) is 3.91. The van der Waals surface area contributed by atoms with Gasteiger partial charge in [-0.15, -0.1) is 24.2 Å². The summed E-state index contributed by atoms with van der Waals surface area (Å²) in [7, 11) is 0. The first kappa shape index (κ1) is 26.1. The summed E-state index contributed by atoms with van der Waals surface area (Å²) in [6.45, 7) is 10.5. The molecule has 0 saturated heterocycles. The molecule has 0 amide bonds. The van der Waals surface area contributed by atoms with Gasteiger partial charge in [0.2, 0.25) is 0 Å². The minimum Gasteiger partial charge on any atom is -0.327 e. The first-order valence-corrected chi connectivity index (χ1v) is 9.69. The second kappa shape index (κ2) is 17.7. The zero-order valence-corrected chi connectivity index (χ0v) is 17.7. The number of nitrogens with zero attached hydrogens (tertiary/aromatic N) is 2. The predicted octanol–water partition coefficient (Wildman–Crippen LogP) is 6.16. The van der Waals surface area contributed by atoms with E-state index in [0.717, 1.165) is 22.2 Å². The normalized spacial score (nSPS) is 9.81. The molecule has 0 spiro atoms. The molecule has 0 aliphatic heterocycles. The number of halogens is 1. The van der Waals surface area contributed by atoms with Crippen LogP contribution >= 0.6 is 22.9 Å². The Morgan fingerprint density at radius 1 is 1.27 bits per heavy atom. The van der Waals surface area contributed by atoms with E-state index in [-0.39, 0.29) is 0 Å². The largest absolute Gasteiger partial charge is 0.327 e. The van der Waals surface area contributed by atoms with Crippen LogP contribution in [-0.4, -0.2) is 16.5 Å². The molecule has 4 nitrogen and oxygen atoms in total. The number of nitrogens with two attached hydrogens (primary N) is 1. The van der Waals surface area contributed by atoms with E-state index in [4.69, 9.17) is 17.3 Å². The van der Waals surface area contributed by atoms with Gasteiger partial charge >= 0.3 is 0 Å². The molecule has 0 aromatic carbocycles. The first-order valence-electron chi connectivity index (χ1n) is 8.43. The Bertz CT molecular complexity index is 658. The van der Waals surface area contributed by atoms with Crippen LogP contribution in [0.5, 0.6) is 0 Å². The Morgan fingerprint density at radius 3 is 2.42 bits per heavy atom. The minimum atomic E-state index is 0.515. The number of nitrogens with one attached hydrogen (secondary N) is 1. The lowest BCUT2D eigenvalue weighted by molar-refractivity contribution is 1.25. The minimum absolute atomic E-state index is 0.515. The molecule has 26 heavy (non-hydrogen) atoms. The average Bonchev–Trinajstić information content (AvgIpc) is 3.17. The summed E-state index contributed by atoms with van der Waals surface area (Å²) in [4.78, 5) is 8.70. The van der Waals surface area contributed by atoms with Crippen LogP contribution in [0.3, 0.4) is 0 Å². The Balaban J connectivity index is 0. The third-order valence-corrected chi connectivity index (χ3v) is 3.49. The van der Waals surface area contributed by atoms with Crippen LogP contribution in [0.4, 0.5) is 10.9 Å². The zero-order chi connectivity index (χ0) is 20.4. The van der Waals surface area contributed by atoms with E-state index in [9.17, 15) is 0 Å². The highest BCUT2D eigenvalue weighted by molar-refractivity contribution is 7.13. The molecular weight excluding hydrogens is 364 g/mol. The molecule has 0 aliphatic carbocycles. The standard InChI is InChI=1S/C14H15ClN4S.2C2H6.C2H2/c1-2-10(4-3-7-16)12-9-20-14(18-12)19-13-6-5-11(15)8-17-13;3*1-2/h2-6,8-9H,7,16H2,1H3,(H,17,18,19);2*1-2H3;1-2H/b4-3-,10-2+;;;. The number of anilines is 2. The summed E-state index contributed by atoms with van der Waals surface area (Å²) in [5, 5.41) is 6.54. The summed E-state index contributed by atoms with van der Waals surface area (Å²) >= 11 is 7.32. The third-order valence-electron chi connectivity index (χ3n) is 2.51. The van der Waals surface area contributed by atoms with E-state index >= 15 is 0 Å². The molecule has 142 valence electrons. The molecule has 2 rings (SSSR count). The van der Waals surface area contributed by atoms with Crippen LogP contribution in [-0.2, 0) is 0 Å². The lowest BCUT2D eigenvalue weighted by Crippen LogP contribution is -1.94. The molecular formula is C20H29ClN4S. The molecule has 2 heterocycles. The fraction of sp³-hybridized carbons (Fsp3) is 0.300. The molecule has 0 saturated carbocycles. The van der Waals surface area contributed by atoms with E-state index in [1.165, 1.54) is 11.3 Å². The molecule has 2 aromatic heterocycles. The van der Waals surface area contributed by atoms with Gasteiger partial charge in [0.05, 0.1) is 10.7 Å². The van der Waals surface area contributed by atoms with Crippen molar-refractivity contribution in [3.8, 4) is 12.8 Å². The van der Waals surface area contributed by atoms with E-state index in [0.29, 0.717) is 11.6 Å². The SMILES string of the molecule is C#C.C/C=C(\C=C/CN)c1csc(Nc2ccc(Cl)cn2)n1.CC.CC. The summed E-state index contributed by atoms with van der Waals surface area (Å²) in [5.74, 6) is 0.717. The molecule has 0 atom stereocenters. The quantitative estimate of drug-likeness (QED) is 0.472. The van der Waals surface area contributed by atoms with E-state index in [2.05, 4.69) is 28.1 Å². The van der Waals surface area contributed by atoms with Crippen molar-refractivity contribution >= 4 is 39.5 Å². The number of hydrogen-bond acceptors (Lipinski definition) is 5. The number of thiazole rings is 1. The fourth-order valence-corrected chi connectivity index (χ4v) is 2.39. The smallest absolute Gasteiger partial charge is 0.188 e. The van der Waals surface area contributed by atoms with Crippen LogP contribution in [0.25, 0.3) is 5.57 Å². The molecule has 0 radical (unpaired) electrons. The molecule has 2 aromatic rings. The van der Waals surface area contributed by atoms with E-state index in [1.807, 2.05) is 64.3 Å². The monoisotopic (exact) mass is 392 g/mol. The first-order chi connectivity index (χ1) is 12.7. The van der Waals surface area contributed by atoms with Gasteiger partial charge in [-0.05, 0) is 24.6 Å². The van der Waals surface area contributed by atoms with Crippen LogP contribution in [0.15, 0.2) is 41.9 Å². The van der Waals surface area contributed by atoms with E-state index < -0.39 is 0 Å². The van der Waals surface area contributed by atoms with Gasteiger partial charge in [0, 0.05) is 18.1 Å². The number of rotatable bonds is 5. The average molecular weight is 393 g/mol. The lowest BCUT2D eigenvalue weighted by atomic mass is 10.2. The van der Waals surface area contributed by atoms with Gasteiger partial charge < -0.3 is 11.1 Å². The molecule has 6 heteroatoms. The van der Waals surface area contributed by atoms with Crippen molar-refractivity contribution in [2.24, 2.45) is 5.73 Å². The fourth-order valence-electron chi connectivity index (χ4n) is 1.55. The second-order valence-corrected chi connectivity index (χ2v) is 5.20. The molecule has 0 aliphatic rings. The summed E-state index contributed by atoms with van der Waals surface area (Å²) in [5.41, 5.74) is 7.43. The van der Waals surface area contributed by atoms with Gasteiger partial charge in [-0.25, -0.2) is 9.97 Å². The number of allylic oxidation sites excluding steroid dienone is 3. The predicted molar refractivity (Wildman–Crippen MR) is 119 cm³/mol. The number of aromatic nitrogens is 2. The van der Waals surface area contributed by atoms with Crippen LogP contribution in [0.1, 0.15) is 40.3 Å². The number of pyridine rings is 1. The van der Waals surface area contributed by atoms with Crippen molar-refractivity contribution in [3.05, 3.63) is 52.7 Å². The van der Waals surface area contributed by atoms with Gasteiger partial charge in [-0.2, -0.15) is 0 Å². The Kier molecular flexibility index (Phi) is 17.8. The molecule has 0 bridgehead atoms. The zero-order valence-electron chi connectivity index (χ0n) is 16.2. The van der Waals surface area contributed by atoms with Gasteiger partial charge in [0.25, 0.3) is 0 Å². The van der Waals surface area contributed by atoms with Crippen LogP contribution in [0.2, 0.25) is 5.02 Å². The van der Waals surface area contributed by atoms with Gasteiger partial charge in [-0.3, -0.25) is 0 Å². The molecule has 0 fully saturated rings.